The summed E-state index contributed by atoms with van der Waals surface area (Å²) in [6.45, 7) is 13.5. The molecule has 1 saturated carbocycles. The Balaban J connectivity index is 1.08. The number of anilines is 5. The zero-order valence-corrected chi connectivity index (χ0v) is 30.7. The molecule has 248 valence electrons. The molecule has 2 aliphatic heterocycles. The molecule has 3 aliphatic rings. The molecule has 2 aromatic carbocycles. The fraction of sp³-hybridized carbons (Fsp3) is 0.472. The topological polar surface area (TPSA) is 81.7 Å². The predicted octanol–water partition coefficient (Wildman–Crippen LogP) is 7.05. The Bertz CT molecular complexity index is 1750. The molecule has 0 spiro atoms. The number of piperidine rings is 1. The summed E-state index contributed by atoms with van der Waals surface area (Å²) in [6, 6.07) is 13.8. The Labute approximate surface area is 288 Å². The van der Waals surface area contributed by atoms with Crippen LogP contribution in [0.5, 0.6) is 5.75 Å². The maximum atomic E-state index is 5.94. The van der Waals surface area contributed by atoms with Crippen LogP contribution in [0.15, 0.2) is 47.1 Å². The number of aryl methyl sites for hydroxylation is 1. The van der Waals surface area contributed by atoms with Crippen molar-refractivity contribution in [3.8, 4) is 5.75 Å². The zero-order valence-electron chi connectivity index (χ0n) is 28.2. The average molecular weight is 718 g/mol. The number of halogens is 1. The minimum Gasteiger partial charge on any atom is -0.495 e. The monoisotopic (exact) mass is 716 g/mol. The van der Waals surface area contributed by atoms with Crippen LogP contribution in [-0.4, -0.2) is 97.5 Å². The smallest absolute Gasteiger partial charge is 0.229 e. The van der Waals surface area contributed by atoms with Gasteiger partial charge in [-0.2, -0.15) is 4.98 Å². The van der Waals surface area contributed by atoms with Crippen LogP contribution < -0.4 is 25.6 Å². The highest BCUT2D eigenvalue weighted by Crippen LogP contribution is 2.41. The fourth-order valence-corrected chi connectivity index (χ4v) is 8.61. The van der Waals surface area contributed by atoms with Gasteiger partial charge in [0.1, 0.15) is 11.6 Å². The number of hydrogen-bond donors (Lipinski definition) is 2. The Hall–Kier alpha value is -3.04. The lowest BCUT2D eigenvalue weighted by molar-refractivity contribution is 0.0981. The predicted molar refractivity (Wildman–Crippen MR) is 200 cm³/mol. The molecular formula is C36H46BrN8OP. The van der Waals surface area contributed by atoms with Crippen molar-refractivity contribution in [2.24, 2.45) is 0 Å². The van der Waals surface area contributed by atoms with Gasteiger partial charge in [-0.25, -0.2) is 4.98 Å². The number of hydrogen-bond acceptors (Lipinski definition) is 9. The molecule has 4 heterocycles. The lowest BCUT2D eigenvalue weighted by Crippen LogP contribution is -2.52. The largest absolute Gasteiger partial charge is 0.495 e. The van der Waals surface area contributed by atoms with Crippen molar-refractivity contribution in [3.63, 3.8) is 0 Å². The first-order valence-electron chi connectivity index (χ1n) is 16.8. The molecule has 9 nitrogen and oxygen atoms in total. The molecule has 1 aliphatic carbocycles. The van der Waals surface area contributed by atoms with Gasteiger partial charge in [0.05, 0.1) is 22.8 Å². The van der Waals surface area contributed by atoms with Crippen LogP contribution in [0.2, 0.25) is 0 Å². The number of benzene rings is 2. The maximum absolute atomic E-state index is 5.94. The summed E-state index contributed by atoms with van der Waals surface area (Å²) in [4.78, 5) is 22.1. The van der Waals surface area contributed by atoms with Gasteiger partial charge in [0.2, 0.25) is 5.95 Å². The fourth-order valence-electron chi connectivity index (χ4n) is 7.03. The average Bonchev–Trinajstić information content (AvgIpc) is 3.93. The van der Waals surface area contributed by atoms with Gasteiger partial charge in [-0.1, -0.05) is 14.0 Å². The molecule has 11 heteroatoms. The number of likely N-dealkylation sites (N-methyl/N-ethyl adjacent to an activating group) is 1. The molecule has 7 rings (SSSR count). The third-order valence-electron chi connectivity index (χ3n) is 9.94. The molecule has 0 bridgehead atoms. The van der Waals surface area contributed by atoms with Gasteiger partial charge < -0.3 is 25.2 Å². The second kappa shape index (κ2) is 13.8. The van der Waals surface area contributed by atoms with Gasteiger partial charge in [0, 0.05) is 91.3 Å². The van der Waals surface area contributed by atoms with Crippen LogP contribution in [0.3, 0.4) is 0 Å². The first kappa shape index (κ1) is 32.5. The van der Waals surface area contributed by atoms with Crippen LogP contribution in [0.4, 0.5) is 28.8 Å². The van der Waals surface area contributed by atoms with E-state index in [1.54, 1.807) is 13.3 Å². The van der Waals surface area contributed by atoms with E-state index in [4.69, 9.17) is 14.7 Å². The lowest BCUT2D eigenvalue weighted by Gasteiger charge is -2.42. The van der Waals surface area contributed by atoms with E-state index in [-0.39, 0.29) is 0 Å². The number of pyridine rings is 1. The van der Waals surface area contributed by atoms with Crippen molar-refractivity contribution in [2.75, 3.05) is 82.3 Å². The highest BCUT2D eigenvalue weighted by molar-refractivity contribution is 9.10. The number of aromatic nitrogens is 3. The number of rotatable bonds is 9. The van der Waals surface area contributed by atoms with Crippen molar-refractivity contribution < 1.29 is 4.74 Å². The van der Waals surface area contributed by atoms with Crippen LogP contribution in [0.25, 0.3) is 10.9 Å². The van der Waals surface area contributed by atoms with Gasteiger partial charge >= 0.3 is 0 Å². The third-order valence-corrected chi connectivity index (χ3v) is 11.9. The van der Waals surface area contributed by atoms with Crippen LogP contribution in [0, 0.1) is 6.92 Å². The Kier molecular flexibility index (Phi) is 9.56. The standard InChI is InChI=1S/C36H46BrN8OP/c1-23-20-32(45-14-12-25(13-15-45)44-18-16-43(2)17-19-44)33(46-3)21-31(23)41-36-38-22-27(37)35(42-36)40-30-11-10-29-26(34(30)47(4)5)8-9-28(39-29)24-6-7-24/h8-11,20-22,24-25H,6-7,12-19H2,1-5H3,(H2,38,40,41,42). The number of fused-ring (bicyclic) bond motifs is 1. The van der Waals surface area contributed by atoms with E-state index < -0.39 is 7.92 Å². The number of piperazine rings is 1. The van der Waals surface area contributed by atoms with E-state index in [0.29, 0.717) is 23.7 Å². The van der Waals surface area contributed by atoms with Crippen molar-refractivity contribution in [2.45, 2.75) is 44.6 Å². The highest BCUT2D eigenvalue weighted by atomic mass is 79.9. The Morgan fingerprint density at radius 3 is 2.36 bits per heavy atom. The second-order valence-electron chi connectivity index (χ2n) is 13.5. The van der Waals surface area contributed by atoms with Gasteiger partial charge in [0.25, 0.3) is 0 Å². The molecular weight excluding hydrogens is 671 g/mol. The zero-order chi connectivity index (χ0) is 32.7. The first-order chi connectivity index (χ1) is 22.8. The van der Waals surface area contributed by atoms with Crippen molar-refractivity contribution in [3.05, 3.63) is 58.3 Å². The summed E-state index contributed by atoms with van der Waals surface area (Å²) in [5, 5.41) is 9.61. The molecule has 0 atom stereocenters. The second-order valence-corrected chi connectivity index (χ2v) is 16.6. The molecule has 2 saturated heterocycles. The summed E-state index contributed by atoms with van der Waals surface area (Å²) < 4.78 is 6.74. The highest BCUT2D eigenvalue weighted by Gasteiger charge is 2.28. The normalized spacial score (nSPS) is 18.2. The van der Waals surface area contributed by atoms with Gasteiger partial charge in [-0.15, -0.1) is 0 Å². The van der Waals surface area contributed by atoms with E-state index in [1.807, 2.05) is 0 Å². The Morgan fingerprint density at radius 1 is 0.894 bits per heavy atom. The lowest BCUT2D eigenvalue weighted by atomic mass is 10.0. The minimum atomic E-state index is -0.404. The molecule has 3 fully saturated rings. The van der Waals surface area contributed by atoms with E-state index in [2.05, 4.69) is 110 Å². The molecule has 0 amide bonds. The summed E-state index contributed by atoms with van der Waals surface area (Å²) in [6.07, 6.45) is 6.68. The van der Waals surface area contributed by atoms with Gasteiger partial charge in [0.15, 0.2) is 0 Å². The molecule has 47 heavy (non-hydrogen) atoms. The molecule has 0 unspecified atom stereocenters. The van der Waals surface area contributed by atoms with E-state index >= 15 is 0 Å². The minimum absolute atomic E-state index is 0.404. The first-order valence-corrected chi connectivity index (χ1v) is 19.8. The van der Waals surface area contributed by atoms with Gasteiger partial charge in [-0.3, -0.25) is 9.88 Å². The van der Waals surface area contributed by atoms with E-state index in [1.165, 1.54) is 68.2 Å². The quantitative estimate of drug-likeness (QED) is 0.177. The maximum Gasteiger partial charge on any atom is 0.229 e. The summed E-state index contributed by atoms with van der Waals surface area (Å²) in [5.41, 5.74) is 6.56. The van der Waals surface area contributed by atoms with Gasteiger partial charge in [-0.05, 0) is 98.7 Å². The summed E-state index contributed by atoms with van der Waals surface area (Å²) in [5.74, 6) is 2.74. The number of nitrogens with one attached hydrogen (secondary N) is 2. The van der Waals surface area contributed by atoms with E-state index in [9.17, 15) is 0 Å². The van der Waals surface area contributed by atoms with Crippen molar-refractivity contribution in [1.29, 1.82) is 0 Å². The number of nitrogens with zero attached hydrogens (tertiary/aromatic N) is 6. The van der Waals surface area contributed by atoms with Crippen molar-refractivity contribution >= 4 is 68.9 Å². The van der Waals surface area contributed by atoms with E-state index in [0.717, 1.165) is 51.5 Å². The molecule has 4 aromatic rings. The van der Waals surface area contributed by atoms with Crippen LogP contribution in [-0.2, 0) is 0 Å². The molecule has 2 N–H and O–H groups in total. The summed E-state index contributed by atoms with van der Waals surface area (Å²) >= 11 is 3.69. The third kappa shape index (κ3) is 7.07. The Morgan fingerprint density at radius 2 is 1.66 bits per heavy atom. The molecule has 0 radical (unpaired) electrons. The van der Waals surface area contributed by atoms with Crippen molar-refractivity contribution in [1.82, 2.24) is 24.8 Å². The summed E-state index contributed by atoms with van der Waals surface area (Å²) in [7, 11) is 3.58. The number of ether oxygens (including phenoxy) is 1. The molecule has 2 aromatic heterocycles. The van der Waals surface area contributed by atoms with Crippen LogP contribution >= 0.6 is 23.9 Å². The number of methoxy groups -OCH3 is 1. The SMILES string of the molecule is COc1cc(Nc2ncc(Br)c(Nc3ccc4nc(C5CC5)ccc4c3P(C)C)n2)c(C)cc1N1CCC(N2CCN(C)CC2)CC1. The van der Waals surface area contributed by atoms with Crippen LogP contribution in [0.1, 0.15) is 42.9 Å².